The number of fused-ring (bicyclic) bond motifs is 1. The summed E-state index contributed by atoms with van der Waals surface area (Å²) in [6.45, 7) is 4.81. The Bertz CT molecular complexity index is 583. The molecule has 5 heteroatoms. The maximum Gasteiger partial charge on any atom is 0.239 e. The number of hydrogen-bond acceptors (Lipinski definition) is 4. The summed E-state index contributed by atoms with van der Waals surface area (Å²) in [4.78, 5) is 20.5. The van der Waals surface area contributed by atoms with E-state index in [1.54, 1.807) is 0 Å². The van der Waals surface area contributed by atoms with Crippen LogP contribution in [-0.2, 0) is 4.79 Å². The fourth-order valence-electron chi connectivity index (χ4n) is 1.75. The topological polar surface area (TPSA) is 66.9 Å². The number of hydrogen-bond donors (Lipinski definition) is 2. The molecule has 100 valence electrons. The van der Waals surface area contributed by atoms with Crippen molar-refractivity contribution in [1.82, 2.24) is 15.3 Å². The van der Waals surface area contributed by atoms with Gasteiger partial charge >= 0.3 is 0 Å². The average Bonchev–Trinajstić information content (AvgIpc) is 2.42. The number of nitrogens with one attached hydrogen (secondary N) is 2. The van der Waals surface area contributed by atoms with Crippen LogP contribution in [-0.4, -0.2) is 29.0 Å². The second kappa shape index (κ2) is 6.13. The fraction of sp³-hybridized carbons (Fsp3) is 0.357. The molecule has 0 saturated carbocycles. The first kappa shape index (κ1) is 13.3. The van der Waals surface area contributed by atoms with Crippen LogP contribution in [0.15, 0.2) is 24.3 Å². The Kier molecular flexibility index (Phi) is 4.28. The molecule has 2 N–H and O–H groups in total. The standard InChI is InChI=1S/C14H18N4O/c1-3-8-15-13(19)9-16-14-10(2)17-11-6-4-5-7-12(11)18-14/h4-7H,3,8-9H2,1-2H3,(H,15,19)(H,16,18). The third kappa shape index (κ3) is 3.40. The third-order valence-corrected chi connectivity index (χ3v) is 2.73. The van der Waals surface area contributed by atoms with Crippen molar-refractivity contribution in [3.8, 4) is 0 Å². The van der Waals surface area contributed by atoms with Gasteiger partial charge in [0.15, 0.2) is 0 Å². The summed E-state index contributed by atoms with van der Waals surface area (Å²) in [5, 5.41) is 5.84. The Balaban J connectivity index is 2.08. The lowest BCUT2D eigenvalue weighted by Crippen LogP contribution is -2.30. The molecule has 0 spiro atoms. The van der Waals surface area contributed by atoms with Gasteiger partial charge in [-0.25, -0.2) is 9.97 Å². The van der Waals surface area contributed by atoms with Gasteiger partial charge in [0.1, 0.15) is 5.82 Å². The minimum Gasteiger partial charge on any atom is -0.359 e. The van der Waals surface area contributed by atoms with E-state index in [2.05, 4.69) is 20.6 Å². The molecule has 1 aromatic heterocycles. The van der Waals surface area contributed by atoms with E-state index in [9.17, 15) is 4.79 Å². The summed E-state index contributed by atoms with van der Waals surface area (Å²) in [6.07, 6.45) is 0.931. The highest BCUT2D eigenvalue weighted by Gasteiger charge is 2.06. The Morgan fingerprint density at radius 1 is 1.21 bits per heavy atom. The highest BCUT2D eigenvalue weighted by atomic mass is 16.1. The van der Waals surface area contributed by atoms with E-state index in [-0.39, 0.29) is 12.5 Å². The van der Waals surface area contributed by atoms with Crippen molar-refractivity contribution in [3.05, 3.63) is 30.0 Å². The average molecular weight is 258 g/mol. The molecule has 1 aromatic carbocycles. The lowest BCUT2D eigenvalue weighted by atomic mass is 10.3. The molecule has 5 nitrogen and oxygen atoms in total. The Morgan fingerprint density at radius 3 is 2.58 bits per heavy atom. The summed E-state index contributed by atoms with van der Waals surface area (Å²) in [7, 11) is 0. The molecule has 0 unspecified atom stereocenters. The van der Waals surface area contributed by atoms with Crippen LogP contribution in [0.2, 0.25) is 0 Å². The van der Waals surface area contributed by atoms with Crippen molar-refractivity contribution in [3.63, 3.8) is 0 Å². The molecular formula is C14H18N4O. The Morgan fingerprint density at radius 2 is 1.89 bits per heavy atom. The number of aryl methyl sites for hydroxylation is 1. The van der Waals surface area contributed by atoms with E-state index in [0.717, 1.165) is 23.1 Å². The van der Waals surface area contributed by atoms with Crippen molar-refractivity contribution in [2.24, 2.45) is 0 Å². The number of rotatable bonds is 5. The number of carbonyl (C=O) groups excluding carboxylic acids is 1. The van der Waals surface area contributed by atoms with E-state index >= 15 is 0 Å². The zero-order chi connectivity index (χ0) is 13.7. The van der Waals surface area contributed by atoms with Gasteiger partial charge < -0.3 is 10.6 Å². The van der Waals surface area contributed by atoms with Crippen LogP contribution in [0.4, 0.5) is 5.82 Å². The number of benzene rings is 1. The lowest BCUT2D eigenvalue weighted by Gasteiger charge is -2.09. The second-order valence-corrected chi connectivity index (χ2v) is 4.35. The summed E-state index contributed by atoms with van der Waals surface area (Å²) < 4.78 is 0. The summed E-state index contributed by atoms with van der Waals surface area (Å²) in [5.74, 6) is 0.626. The first-order valence-corrected chi connectivity index (χ1v) is 6.44. The quantitative estimate of drug-likeness (QED) is 0.859. The van der Waals surface area contributed by atoms with Gasteiger partial charge in [-0.3, -0.25) is 4.79 Å². The van der Waals surface area contributed by atoms with Gasteiger partial charge in [0.2, 0.25) is 5.91 Å². The van der Waals surface area contributed by atoms with Gasteiger partial charge in [-0.05, 0) is 25.5 Å². The predicted molar refractivity (Wildman–Crippen MR) is 76.1 cm³/mol. The van der Waals surface area contributed by atoms with Gasteiger partial charge in [-0.15, -0.1) is 0 Å². The van der Waals surface area contributed by atoms with Gasteiger partial charge in [0.05, 0.1) is 23.3 Å². The van der Waals surface area contributed by atoms with Crippen LogP contribution >= 0.6 is 0 Å². The van der Waals surface area contributed by atoms with Crippen molar-refractivity contribution in [1.29, 1.82) is 0 Å². The van der Waals surface area contributed by atoms with E-state index in [1.807, 2.05) is 38.1 Å². The first-order chi connectivity index (χ1) is 9.20. The maximum atomic E-state index is 11.5. The highest BCUT2D eigenvalue weighted by molar-refractivity contribution is 5.81. The van der Waals surface area contributed by atoms with Crippen LogP contribution in [0, 0.1) is 6.92 Å². The molecule has 1 amide bonds. The highest BCUT2D eigenvalue weighted by Crippen LogP contribution is 2.15. The number of aromatic nitrogens is 2. The summed E-state index contributed by atoms with van der Waals surface area (Å²) >= 11 is 0. The molecule has 0 fully saturated rings. The monoisotopic (exact) mass is 258 g/mol. The van der Waals surface area contributed by atoms with Crippen molar-refractivity contribution < 1.29 is 4.79 Å². The Hall–Kier alpha value is -2.17. The van der Waals surface area contributed by atoms with Crippen LogP contribution in [0.25, 0.3) is 11.0 Å². The molecule has 0 aliphatic rings. The Labute approximate surface area is 112 Å². The minimum absolute atomic E-state index is 0.0313. The third-order valence-electron chi connectivity index (χ3n) is 2.73. The molecule has 0 atom stereocenters. The molecule has 1 heterocycles. The molecule has 0 saturated heterocycles. The van der Waals surface area contributed by atoms with Crippen molar-refractivity contribution in [2.75, 3.05) is 18.4 Å². The first-order valence-electron chi connectivity index (χ1n) is 6.44. The molecule has 0 radical (unpaired) electrons. The maximum absolute atomic E-state index is 11.5. The molecule has 2 rings (SSSR count). The van der Waals surface area contributed by atoms with E-state index in [4.69, 9.17) is 0 Å². The molecular weight excluding hydrogens is 240 g/mol. The number of carbonyl (C=O) groups is 1. The summed E-state index contributed by atoms with van der Waals surface area (Å²) in [6, 6.07) is 7.68. The van der Waals surface area contributed by atoms with Gasteiger partial charge in [0.25, 0.3) is 0 Å². The van der Waals surface area contributed by atoms with E-state index in [1.165, 1.54) is 0 Å². The van der Waals surface area contributed by atoms with Gasteiger partial charge in [-0.1, -0.05) is 19.1 Å². The fourth-order valence-corrected chi connectivity index (χ4v) is 1.75. The van der Waals surface area contributed by atoms with Crippen LogP contribution in [0.3, 0.4) is 0 Å². The second-order valence-electron chi connectivity index (χ2n) is 4.35. The molecule has 0 bridgehead atoms. The molecule has 0 aliphatic heterocycles. The van der Waals surface area contributed by atoms with Crippen LogP contribution < -0.4 is 10.6 Å². The lowest BCUT2D eigenvalue weighted by molar-refractivity contribution is -0.119. The van der Waals surface area contributed by atoms with E-state index < -0.39 is 0 Å². The van der Waals surface area contributed by atoms with Gasteiger partial charge in [-0.2, -0.15) is 0 Å². The number of nitrogens with zero attached hydrogens (tertiary/aromatic N) is 2. The van der Waals surface area contributed by atoms with Crippen molar-refractivity contribution >= 4 is 22.8 Å². The number of amides is 1. The predicted octanol–water partition coefficient (Wildman–Crippen LogP) is 1.88. The van der Waals surface area contributed by atoms with Gasteiger partial charge in [0, 0.05) is 6.54 Å². The largest absolute Gasteiger partial charge is 0.359 e. The minimum atomic E-state index is -0.0313. The smallest absolute Gasteiger partial charge is 0.239 e. The number of anilines is 1. The molecule has 19 heavy (non-hydrogen) atoms. The summed E-state index contributed by atoms with van der Waals surface area (Å²) in [5.41, 5.74) is 2.48. The van der Waals surface area contributed by atoms with Crippen molar-refractivity contribution in [2.45, 2.75) is 20.3 Å². The molecule has 0 aliphatic carbocycles. The molecule has 2 aromatic rings. The van der Waals surface area contributed by atoms with Crippen LogP contribution in [0.5, 0.6) is 0 Å². The normalized spacial score (nSPS) is 10.4. The van der Waals surface area contributed by atoms with E-state index in [0.29, 0.717) is 12.4 Å². The zero-order valence-corrected chi connectivity index (χ0v) is 11.2. The SMILES string of the molecule is CCCNC(=O)CNc1nc2ccccc2nc1C. The number of para-hydroxylation sites is 2. The zero-order valence-electron chi connectivity index (χ0n) is 11.2. The van der Waals surface area contributed by atoms with Crippen LogP contribution in [0.1, 0.15) is 19.0 Å².